The monoisotopic (exact) mass is 211 g/mol. The van der Waals surface area contributed by atoms with Gasteiger partial charge < -0.3 is 14.6 Å². The number of imidazole rings is 1. The zero-order valence-corrected chi connectivity index (χ0v) is 9.14. The maximum Gasteiger partial charge on any atom is 0.246 e. The maximum atomic E-state index is 11.2. The van der Waals surface area contributed by atoms with Crippen LogP contribution in [0.4, 0.5) is 0 Å². The van der Waals surface area contributed by atoms with E-state index in [2.05, 4.69) is 10.3 Å². The number of amides is 1. The second-order valence-corrected chi connectivity index (χ2v) is 3.51. The zero-order valence-electron chi connectivity index (χ0n) is 9.14. The summed E-state index contributed by atoms with van der Waals surface area (Å²) in [5.41, 5.74) is 0. The third-order valence-electron chi connectivity index (χ3n) is 1.80. The lowest BCUT2D eigenvalue weighted by Crippen LogP contribution is -2.31. The highest BCUT2D eigenvalue weighted by Gasteiger charge is 2.01. The van der Waals surface area contributed by atoms with Gasteiger partial charge in [-0.15, -0.1) is 0 Å². The molecule has 0 aromatic carbocycles. The molecule has 1 rings (SSSR count). The van der Waals surface area contributed by atoms with Gasteiger partial charge in [0.2, 0.25) is 5.91 Å². The fraction of sp³-hybridized carbons (Fsp3) is 0.600. The molecule has 0 saturated carbocycles. The van der Waals surface area contributed by atoms with Crippen LogP contribution in [0.1, 0.15) is 13.8 Å². The third kappa shape index (κ3) is 5.17. The van der Waals surface area contributed by atoms with Gasteiger partial charge in [0.15, 0.2) is 0 Å². The Morgan fingerprint density at radius 1 is 1.60 bits per heavy atom. The summed E-state index contributed by atoms with van der Waals surface area (Å²) in [5.74, 6) is -0.0798. The summed E-state index contributed by atoms with van der Waals surface area (Å²) in [6.45, 7) is 5.25. The number of aromatic nitrogens is 2. The Balaban J connectivity index is 2.07. The van der Waals surface area contributed by atoms with Gasteiger partial charge in [-0.25, -0.2) is 4.98 Å². The van der Waals surface area contributed by atoms with Crippen LogP contribution < -0.4 is 5.32 Å². The van der Waals surface area contributed by atoms with Gasteiger partial charge in [-0.3, -0.25) is 4.79 Å². The number of carbonyl (C=O) groups is 1. The summed E-state index contributed by atoms with van der Waals surface area (Å²) in [6.07, 6.45) is 5.38. The van der Waals surface area contributed by atoms with Crippen LogP contribution in [0.3, 0.4) is 0 Å². The molecule has 0 aliphatic rings. The van der Waals surface area contributed by atoms with Crippen molar-refractivity contribution in [3.8, 4) is 0 Å². The molecule has 0 saturated heterocycles. The van der Waals surface area contributed by atoms with Gasteiger partial charge in [-0.05, 0) is 13.8 Å². The van der Waals surface area contributed by atoms with Crippen LogP contribution in [0.2, 0.25) is 0 Å². The van der Waals surface area contributed by atoms with Crippen molar-refractivity contribution in [2.45, 2.75) is 26.5 Å². The first kappa shape index (κ1) is 11.7. The van der Waals surface area contributed by atoms with E-state index < -0.39 is 0 Å². The van der Waals surface area contributed by atoms with E-state index >= 15 is 0 Å². The Morgan fingerprint density at radius 3 is 3.00 bits per heavy atom. The van der Waals surface area contributed by atoms with Crippen LogP contribution in [0.25, 0.3) is 0 Å². The van der Waals surface area contributed by atoms with Crippen molar-refractivity contribution < 1.29 is 9.53 Å². The summed E-state index contributed by atoms with van der Waals surface area (Å²) in [5, 5.41) is 2.76. The summed E-state index contributed by atoms with van der Waals surface area (Å²) < 4.78 is 7.07. The van der Waals surface area contributed by atoms with Crippen LogP contribution in [0.15, 0.2) is 18.7 Å². The standard InChI is InChI=1S/C10H17N3O2/c1-9(2)15-7-10(14)12-4-6-13-5-3-11-8-13/h3,5,8-9H,4,6-7H2,1-2H3,(H,12,14). The number of rotatable bonds is 6. The minimum absolute atomic E-state index is 0.0798. The molecule has 0 atom stereocenters. The van der Waals surface area contributed by atoms with Crippen molar-refractivity contribution in [2.24, 2.45) is 0 Å². The zero-order chi connectivity index (χ0) is 11.1. The first-order valence-corrected chi connectivity index (χ1v) is 5.02. The highest BCUT2D eigenvalue weighted by atomic mass is 16.5. The number of nitrogens with one attached hydrogen (secondary N) is 1. The topological polar surface area (TPSA) is 56.1 Å². The van der Waals surface area contributed by atoms with E-state index in [1.807, 2.05) is 24.6 Å². The molecular formula is C10H17N3O2. The molecular weight excluding hydrogens is 194 g/mol. The van der Waals surface area contributed by atoms with Crippen LogP contribution in [0.5, 0.6) is 0 Å². The van der Waals surface area contributed by atoms with Crippen molar-refractivity contribution in [1.82, 2.24) is 14.9 Å². The van der Waals surface area contributed by atoms with Crippen molar-refractivity contribution in [1.29, 1.82) is 0 Å². The second kappa shape index (κ2) is 6.19. The van der Waals surface area contributed by atoms with Gasteiger partial charge in [0.05, 0.1) is 12.4 Å². The Hall–Kier alpha value is -1.36. The smallest absolute Gasteiger partial charge is 0.246 e. The molecule has 15 heavy (non-hydrogen) atoms. The van der Waals surface area contributed by atoms with E-state index in [1.54, 1.807) is 12.5 Å². The molecule has 0 aliphatic heterocycles. The number of hydrogen-bond donors (Lipinski definition) is 1. The number of ether oxygens (including phenoxy) is 1. The van der Waals surface area contributed by atoms with Gasteiger partial charge in [0.1, 0.15) is 6.61 Å². The quantitative estimate of drug-likeness (QED) is 0.742. The van der Waals surface area contributed by atoms with E-state index in [9.17, 15) is 4.79 Å². The molecule has 5 heteroatoms. The molecule has 1 heterocycles. The summed E-state index contributed by atoms with van der Waals surface area (Å²) in [4.78, 5) is 15.1. The predicted octanol–water partition coefficient (Wildman–Crippen LogP) is 0.424. The summed E-state index contributed by atoms with van der Waals surface area (Å²) >= 11 is 0. The van der Waals surface area contributed by atoms with E-state index in [1.165, 1.54) is 0 Å². The Kier molecular flexibility index (Phi) is 4.83. The lowest BCUT2D eigenvalue weighted by Gasteiger charge is -2.08. The van der Waals surface area contributed by atoms with Crippen LogP contribution >= 0.6 is 0 Å². The van der Waals surface area contributed by atoms with Gasteiger partial charge in [0.25, 0.3) is 0 Å². The van der Waals surface area contributed by atoms with Crippen LogP contribution in [0, 0.1) is 0 Å². The van der Waals surface area contributed by atoms with Gasteiger partial charge >= 0.3 is 0 Å². The Morgan fingerprint density at radius 2 is 2.40 bits per heavy atom. The molecule has 0 spiro atoms. The minimum Gasteiger partial charge on any atom is -0.369 e. The average Bonchev–Trinajstić information content (AvgIpc) is 2.67. The highest BCUT2D eigenvalue weighted by Crippen LogP contribution is 1.87. The summed E-state index contributed by atoms with van der Waals surface area (Å²) in [7, 11) is 0. The molecule has 5 nitrogen and oxygen atoms in total. The van der Waals surface area contributed by atoms with E-state index in [4.69, 9.17) is 4.74 Å². The maximum absolute atomic E-state index is 11.2. The fourth-order valence-electron chi connectivity index (χ4n) is 1.04. The van der Waals surface area contributed by atoms with Crippen molar-refractivity contribution >= 4 is 5.91 Å². The molecule has 1 N–H and O–H groups in total. The SMILES string of the molecule is CC(C)OCC(=O)NCCn1ccnc1. The van der Waals surface area contributed by atoms with Crippen LogP contribution in [-0.4, -0.2) is 34.7 Å². The Bertz CT molecular complexity index is 283. The first-order chi connectivity index (χ1) is 7.18. The minimum atomic E-state index is -0.0798. The van der Waals surface area contributed by atoms with Crippen molar-refractivity contribution in [3.05, 3.63) is 18.7 Å². The molecule has 1 aromatic rings. The molecule has 1 amide bonds. The van der Waals surface area contributed by atoms with Crippen molar-refractivity contribution in [2.75, 3.05) is 13.2 Å². The lowest BCUT2D eigenvalue weighted by atomic mass is 10.5. The van der Waals surface area contributed by atoms with Gasteiger partial charge in [-0.2, -0.15) is 0 Å². The predicted molar refractivity (Wildman–Crippen MR) is 56.3 cm³/mol. The number of nitrogens with zero attached hydrogens (tertiary/aromatic N) is 2. The molecule has 0 bridgehead atoms. The van der Waals surface area contributed by atoms with E-state index in [-0.39, 0.29) is 18.6 Å². The van der Waals surface area contributed by atoms with E-state index in [0.717, 1.165) is 6.54 Å². The van der Waals surface area contributed by atoms with Gasteiger partial charge in [0, 0.05) is 25.5 Å². The Labute approximate surface area is 89.4 Å². The number of carbonyl (C=O) groups excluding carboxylic acids is 1. The fourth-order valence-corrected chi connectivity index (χ4v) is 1.04. The average molecular weight is 211 g/mol. The molecule has 0 unspecified atom stereocenters. The first-order valence-electron chi connectivity index (χ1n) is 5.02. The molecule has 0 fully saturated rings. The normalized spacial score (nSPS) is 10.6. The van der Waals surface area contributed by atoms with Crippen molar-refractivity contribution in [3.63, 3.8) is 0 Å². The third-order valence-corrected chi connectivity index (χ3v) is 1.80. The van der Waals surface area contributed by atoms with Crippen LogP contribution in [-0.2, 0) is 16.1 Å². The van der Waals surface area contributed by atoms with Gasteiger partial charge in [-0.1, -0.05) is 0 Å². The summed E-state index contributed by atoms with van der Waals surface area (Å²) in [6, 6.07) is 0. The number of hydrogen-bond acceptors (Lipinski definition) is 3. The molecule has 84 valence electrons. The lowest BCUT2D eigenvalue weighted by molar-refractivity contribution is -0.127. The highest BCUT2D eigenvalue weighted by molar-refractivity contribution is 5.77. The molecule has 1 aromatic heterocycles. The van der Waals surface area contributed by atoms with E-state index in [0.29, 0.717) is 6.54 Å². The largest absolute Gasteiger partial charge is 0.369 e. The second-order valence-electron chi connectivity index (χ2n) is 3.51. The molecule has 0 radical (unpaired) electrons. The molecule has 0 aliphatic carbocycles.